The van der Waals surface area contributed by atoms with Crippen LogP contribution in [0.5, 0.6) is 0 Å². The van der Waals surface area contributed by atoms with Crippen LogP contribution in [-0.4, -0.2) is 5.91 Å². The number of anilines is 3. The molecule has 0 aliphatic rings. The Balaban J connectivity index is 1.77. The van der Waals surface area contributed by atoms with Gasteiger partial charge in [0.05, 0.1) is 11.3 Å². The molecule has 0 atom stereocenters. The number of hydrogen-bond donors (Lipinski definition) is 2. The highest BCUT2D eigenvalue weighted by Crippen LogP contribution is 2.36. The van der Waals surface area contributed by atoms with Gasteiger partial charge < -0.3 is 10.6 Å². The van der Waals surface area contributed by atoms with E-state index in [2.05, 4.69) is 10.6 Å². The van der Waals surface area contributed by atoms with E-state index in [0.717, 1.165) is 30.3 Å². The van der Waals surface area contributed by atoms with Crippen LogP contribution in [0.4, 0.5) is 43.4 Å². The van der Waals surface area contributed by atoms with Crippen molar-refractivity contribution in [1.82, 2.24) is 0 Å². The average Bonchev–Trinajstić information content (AvgIpc) is 2.64. The van der Waals surface area contributed by atoms with E-state index >= 15 is 0 Å². The number of alkyl halides is 3. The molecule has 3 nitrogen and oxygen atoms in total. The molecule has 0 saturated heterocycles. The quantitative estimate of drug-likeness (QED) is 0.509. The third kappa shape index (κ3) is 4.68. The minimum Gasteiger partial charge on any atom is -0.355 e. The van der Waals surface area contributed by atoms with E-state index in [4.69, 9.17) is 0 Å². The van der Waals surface area contributed by atoms with E-state index in [-0.39, 0.29) is 17.1 Å². The van der Waals surface area contributed by atoms with Gasteiger partial charge in [0.25, 0.3) is 5.91 Å². The van der Waals surface area contributed by atoms with Crippen LogP contribution in [-0.2, 0) is 6.18 Å². The van der Waals surface area contributed by atoms with Gasteiger partial charge in [-0.2, -0.15) is 13.2 Å². The fourth-order valence-electron chi connectivity index (χ4n) is 2.56. The number of halogens is 6. The van der Waals surface area contributed by atoms with Crippen LogP contribution in [0.3, 0.4) is 0 Å². The highest BCUT2D eigenvalue weighted by molar-refractivity contribution is 6.04. The predicted octanol–water partition coefficient (Wildman–Crippen LogP) is 6.12. The van der Waals surface area contributed by atoms with E-state index in [1.165, 1.54) is 24.3 Å². The van der Waals surface area contributed by atoms with Gasteiger partial charge in [-0.25, -0.2) is 13.2 Å². The number of rotatable bonds is 4. The topological polar surface area (TPSA) is 41.1 Å². The minimum absolute atomic E-state index is 0.165. The molecule has 0 radical (unpaired) electrons. The monoisotopic (exact) mass is 410 g/mol. The first kappa shape index (κ1) is 20.2. The number of carbonyl (C=O) groups is 1. The van der Waals surface area contributed by atoms with Crippen molar-refractivity contribution in [3.63, 3.8) is 0 Å². The summed E-state index contributed by atoms with van der Waals surface area (Å²) >= 11 is 0. The molecule has 0 unspecified atom stereocenters. The predicted molar refractivity (Wildman–Crippen MR) is 95.4 cm³/mol. The van der Waals surface area contributed by atoms with Gasteiger partial charge in [0.1, 0.15) is 23.0 Å². The molecule has 150 valence electrons. The molecule has 3 aromatic rings. The van der Waals surface area contributed by atoms with Crippen LogP contribution in [0.1, 0.15) is 15.9 Å². The van der Waals surface area contributed by atoms with Crippen molar-refractivity contribution in [3.05, 3.63) is 89.2 Å². The van der Waals surface area contributed by atoms with Gasteiger partial charge in [-0.3, -0.25) is 4.79 Å². The molecule has 1 amide bonds. The summed E-state index contributed by atoms with van der Waals surface area (Å²) in [6.45, 7) is 0. The zero-order chi connectivity index (χ0) is 21.2. The van der Waals surface area contributed by atoms with Crippen LogP contribution >= 0.6 is 0 Å². The lowest BCUT2D eigenvalue weighted by Gasteiger charge is -2.15. The van der Waals surface area contributed by atoms with E-state index in [1.807, 2.05) is 0 Å². The van der Waals surface area contributed by atoms with E-state index < -0.39 is 40.7 Å². The summed E-state index contributed by atoms with van der Waals surface area (Å²) < 4.78 is 79.6. The summed E-state index contributed by atoms with van der Waals surface area (Å²) in [5.74, 6) is -4.10. The third-order valence-corrected chi connectivity index (χ3v) is 3.90. The molecule has 0 bridgehead atoms. The summed E-state index contributed by atoms with van der Waals surface area (Å²) in [4.78, 5) is 12.1. The van der Waals surface area contributed by atoms with Crippen molar-refractivity contribution < 1.29 is 31.1 Å². The summed E-state index contributed by atoms with van der Waals surface area (Å²) in [6.07, 6.45) is -4.76. The van der Waals surface area contributed by atoms with Crippen LogP contribution in [0.15, 0.2) is 60.7 Å². The van der Waals surface area contributed by atoms with Crippen LogP contribution in [0.2, 0.25) is 0 Å². The number of nitrogens with one attached hydrogen (secondary N) is 2. The summed E-state index contributed by atoms with van der Waals surface area (Å²) in [6, 6.07) is 10.5. The number of hydrogen-bond acceptors (Lipinski definition) is 2. The van der Waals surface area contributed by atoms with Crippen LogP contribution in [0.25, 0.3) is 0 Å². The van der Waals surface area contributed by atoms with Crippen LogP contribution < -0.4 is 10.6 Å². The second-order valence-electron chi connectivity index (χ2n) is 5.94. The summed E-state index contributed by atoms with van der Waals surface area (Å²) in [7, 11) is 0. The lowest BCUT2D eigenvalue weighted by atomic mass is 10.1. The average molecular weight is 410 g/mol. The Morgan fingerprint density at radius 2 is 1.38 bits per heavy atom. The van der Waals surface area contributed by atoms with E-state index in [0.29, 0.717) is 6.07 Å². The molecule has 3 rings (SSSR count). The standard InChI is InChI=1S/C20H12F6N2O/c21-11-4-9-17(14(10-11)20(24,25)26)27-12-5-7-13(8-6-12)28-19(29)18-15(22)2-1-3-16(18)23/h1-10,27H,(H,28,29). The van der Waals surface area contributed by atoms with Crippen LogP contribution in [0, 0.1) is 17.5 Å². The molecule has 0 aliphatic heterocycles. The van der Waals surface area contributed by atoms with Crippen molar-refractivity contribution in [1.29, 1.82) is 0 Å². The molecule has 0 aliphatic carbocycles. The van der Waals surface area contributed by atoms with Gasteiger partial charge in [-0.15, -0.1) is 0 Å². The number of benzene rings is 3. The molecule has 0 fully saturated rings. The molecular formula is C20H12F6N2O. The Labute approximate surface area is 161 Å². The lowest BCUT2D eigenvalue weighted by Crippen LogP contribution is -2.15. The van der Waals surface area contributed by atoms with E-state index in [1.54, 1.807) is 0 Å². The first-order chi connectivity index (χ1) is 13.6. The van der Waals surface area contributed by atoms with Gasteiger partial charge in [-0.05, 0) is 54.6 Å². The summed E-state index contributed by atoms with van der Waals surface area (Å²) in [5.41, 5.74) is -1.90. The van der Waals surface area contributed by atoms with Crippen molar-refractivity contribution in [2.24, 2.45) is 0 Å². The van der Waals surface area contributed by atoms with Gasteiger partial charge in [0, 0.05) is 11.4 Å². The molecule has 29 heavy (non-hydrogen) atoms. The second kappa shape index (κ2) is 7.86. The maximum Gasteiger partial charge on any atom is 0.418 e. The van der Waals surface area contributed by atoms with Gasteiger partial charge in [0.15, 0.2) is 0 Å². The second-order valence-corrected chi connectivity index (χ2v) is 5.94. The third-order valence-electron chi connectivity index (χ3n) is 3.90. The lowest BCUT2D eigenvalue weighted by molar-refractivity contribution is -0.137. The number of carbonyl (C=O) groups excluding carboxylic acids is 1. The van der Waals surface area contributed by atoms with Gasteiger partial charge in [-0.1, -0.05) is 6.07 Å². The highest BCUT2D eigenvalue weighted by atomic mass is 19.4. The van der Waals surface area contributed by atoms with Crippen molar-refractivity contribution in [3.8, 4) is 0 Å². The molecule has 0 saturated carbocycles. The molecule has 3 aromatic carbocycles. The highest BCUT2D eigenvalue weighted by Gasteiger charge is 2.34. The Morgan fingerprint density at radius 3 is 1.97 bits per heavy atom. The first-order valence-corrected chi connectivity index (χ1v) is 8.14. The Hall–Kier alpha value is -3.49. The van der Waals surface area contributed by atoms with Gasteiger partial charge in [0.2, 0.25) is 0 Å². The SMILES string of the molecule is O=C(Nc1ccc(Nc2ccc(F)cc2C(F)(F)F)cc1)c1c(F)cccc1F. The maximum absolute atomic E-state index is 13.6. The van der Waals surface area contributed by atoms with Crippen molar-refractivity contribution >= 4 is 23.0 Å². The fraction of sp³-hybridized carbons (Fsp3) is 0.0500. The molecular weight excluding hydrogens is 398 g/mol. The Kier molecular flexibility index (Phi) is 5.49. The largest absolute Gasteiger partial charge is 0.418 e. The van der Waals surface area contributed by atoms with Crippen molar-refractivity contribution in [2.45, 2.75) is 6.18 Å². The smallest absolute Gasteiger partial charge is 0.355 e. The Morgan fingerprint density at radius 1 is 0.793 bits per heavy atom. The fourth-order valence-corrected chi connectivity index (χ4v) is 2.56. The molecule has 0 spiro atoms. The minimum atomic E-state index is -4.76. The maximum atomic E-state index is 13.6. The summed E-state index contributed by atoms with van der Waals surface area (Å²) in [5, 5.41) is 4.82. The molecule has 0 heterocycles. The molecule has 2 N–H and O–H groups in total. The zero-order valence-corrected chi connectivity index (χ0v) is 14.4. The molecule has 9 heteroatoms. The number of amides is 1. The van der Waals surface area contributed by atoms with E-state index in [9.17, 15) is 31.1 Å². The molecule has 0 aromatic heterocycles. The Bertz CT molecular complexity index is 1030. The van der Waals surface area contributed by atoms with Crippen molar-refractivity contribution in [2.75, 3.05) is 10.6 Å². The first-order valence-electron chi connectivity index (χ1n) is 8.14. The van der Waals surface area contributed by atoms with Gasteiger partial charge >= 0.3 is 6.18 Å². The normalized spacial score (nSPS) is 11.2. The zero-order valence-electron chi connectivity index (χ0n) is 14.4.